The minimum atomic E-state index is -0.256. The van der Waals surface area contributed by atoms with E-state index < -0.39 is 0 Å². The first kappa shape index (κ1) is 19.8. The molecule has 2 aromatic rings. The van der Waals surface area contributed by atoms with E-state index in [-0.39, 0.29) is 5.97 Å². The Morgan fingerprint density at radius 1 is 1.33 bits per heavy atom. The van der Waals surface area contributed by atoms with Crippen LogP contribution in [0.15, 0.2) is 12.4 Å². The Morgan fingerprint density at radius 2 is 2.11 bits per heavy atom. The third kappa shape index (κ3) is 5.07. The molecule has 6 nitrogen and oxygen atoms in total. The lowest BCUT2D eigenvalue weighted by molar-refractivity contribution is 0.0526. The number of aryl methyl sites for hydroxylation is 2. The molecule has 2 N–H and O–H groups in total. The number of esters is 1. The molecular weight excluding hydrogens is 380 g/mol. The van der Waals surface area contributed by atoms with Crippen molar-refractivity contribution in [3.63, 3.8) is 0 Å². The lowest BCUT2D eigenvalue weighted by atomic mass is 9.96. The second-order valence-corrected chi connectivity index (χ2v) is 8.19. The lowest BCUT2D eigenvalue weighted by Gasteiger charge is -2.12. The number of nitrogens with one attached hydrogen (secondary N) is 2. The summed E-state index contributed by atoms with van der Waals surface area (Å²) in [6.07, 6.45) is 10.4. The molecule has 0 aliphatic heterocycles. The van der Waals surface area contributed by atoms with Crippen molar-refractivity contribution in [2.24, 2.45) is 7.05 Å². The van der Waals surface area contributed by atoms with E-state index >= 15 is 0 Å². The van der Waals surface area contributed by atoms with Gasteiger partial charge in [0.2, 0.25) is 0 Å². The van der Waals surface area contributed by atoms with E-state index in [1.807, 2.05) is 20.2 Å². The van der Waals surface area contributed by atoms with Gasteiger partial charge in [-0.2, -0.15) is 5.10 Å². The zero-order chi connectivity index (χ0) is 19.2. The highest BCUT2D eigenvalue weighted by molar-refractivity contribution is 7.80. The molecule has 0 atom stereocenters. The molecule has 0 fully saturated rings. The maximum Gasteiger partial charge on any atom is 0.341 e. The van der Waals surface area contributed by atoms with Crippen LogP contribution in [0.1, 0.15) is 59.0 Å². The number of anilines is 1. The monoisotopic (exact) mass is 406 g/mol. The molecule has 0 aromatic carbocycles. The summed E-state index contributed by atoms with van der Waals surface area (Å²) in [7, 11) is 1.88. The first-order valence-corrected chi connectivity index (χ1v) is 10.6. The van der Waals surface area contributed by atoms with E-state index in [9.17, 15) is 4.79 Å². The predicted molar refractivity (Wildman–Crippen MR) is 112 cm³/mol. The summed E-state index contributed by atoms with van der Waals surface area (Å²) in [6, 6.07) is 0. The predicted octanol–water partition coefficient (Wildman–Crippen LogP) is 3.80. The Hall–Kier alpha value is -1.93. The third-order valence-electron chi connectivity index (χ3n) is 4.59. The van der Waals surface area contributed by atoms with Gasteiger partial charge in [-0.3, -0.25) is 4.68 Å². The summed E-state index contributed by atoms with van der Waals surface area (Å²) in [5, 5.41) is 11.9. The lowest BCUT2D eigenvalue weighted by Crippen LogP contribution is -2.28. The van der Waals surface area contributed by atoms with Crippen molar-refractivity contribution >= 4 is 39.6 Å². The molecule has 146 valence electrons. The maximum absolute atomic E-state index is 12.6. The maximum atomic E-state index is 12.6. The summed E-state index contributed by atoms with van der Waals surface area (Å²) in [5.74, 6) is -0.256. The largest absolute Gasteiger partial charge is 0.462 e. The molecule has 8 heteroatoms. The van der Waals surface area contributed by atoms with Crippen LogP contribution in [0.25, 0.3) is 0 Å². The van der Waals surface area contributed by atoms with Crippen LogP contribution in [0.4, 0.5) is 5.00 Å². The van der Waals surface area contributed by atoms with Gasteiger partial charge >= 0.3 is 5.97 Å². The highest BCUT2D eigenvalue weighted by Gasteiger charge is 2.25. The number of hydrogen-bond donors (Lipinski definition) is 2. The molecule has 0 unspecified atom stereocenters. The van der Waals surface area contributed by atoms with E-state index in [1.54, 1.807) is 22.2 Å². The standard InChI is InChI=1S/C19H26N4O2S2/c1-3-25-18(24)16-14-8-6-4-5-7-9-15(14)27-17(16)22-19(26)20-10-13-11-21-23(2)12-13/h11-12H,3-10H2,1-2H3,(H2,20,22,26). The van der Waals surface area contributed by atoms with Crippen LogP contribution >= 0.6 is 23.6 Å². The quantitative estimate of drug-likeness (QED) is 0.581. The summed E-state index contributed by atoms with van der Waals surface area (Å²) >= 11 is 7.09. The van der Waals surface area contributed by atoms with Crippen LogP contribution < -0.4 is 10.6 Å². The number of ether oxygens (including phenoxy) is 1. The van der Waals surface area contributed by atoms with Gasteiger partial charge in [0.1, 0.15) is 5.00 Å². The molecule has 0 bridgehead atoms. The number of fused-ring (bicyclic) bond motifs is 1. The summed E-state index contributed by atoms with van der Waals surface area (Å²) in [5.41, 5.74) is 2.87. The highest BCUT2D eigenvalue weighted by Crippen LogP contribution is 2.37. The third-order valence-corrected chi connectivity index (χ3v) is 6.04. The van der Waals surface area contributed by atoms with Gasteiger partial charge in [-0.15, -0.1) is 11.3 Å². The van der Waals surface area contributed by atoms with Gasteiger partial charge in [0.25, 0.3) is 0 Å². The average Bonchev–Trinajstić information content (AvgIpc) is 3.17. The van der Waals surface area contributed by atoms with Crippen LogP contribution in [0.3, 0.4) is 0 Å². The van der Waals surface area contributed by atoms with Crippen molar-refractivity contribution in [1.82, 2.24) is 15.1 Å². The average molecular weight is 407 g/mol. The zero-order valence-electron chi connectivity index (χ0n) is 15.8. The first-order valence-electron chi connectivity index (χ1n) is 9.42. The van der Waals surface area contributed by atoms with Crippen molar-refractivity contribution in [3.8, 4) is 0 Å². The number of aromatic nitrogens is 2. The number of hydrogen-bond acceptors (Lipinski definition) is 5. The van der Waals surface area contributed by atoms with E-state index in [0.29, 0.717) is 23.8 Å². The second kappa shape index (κ2) is 9.32. The van der Waals surface area contributed by atoms with Crippen molar-refractivity contribution in [2.45, 2.75) is 52.0 Å². The minimum Gasteiger partial charge on any atom is -0.462 e. The van der Waals surface area contributed by atoms with Gasteiger partial charge in [0.15, 0.2) is 5.11 Å². The number of carbonyl (C=O) groups excluding carboxylic acids is 1. The van der Waals surface area contributed by atoms with Crippen LogP contribution in [-0.2, 0) is 31.2 Å². The SMILES string of the molecule is CCOC(=O)c1c(NC(=S)NCc2cnn(C)c2)sc2c1CCCCCC2. The van der Waals surface area contributed by atoms with Gasteiger partial charge in [-0.05, 0) is 50.4 Å². The topological polar surface area (TPSA) is 68.2 Å². The number of carbonyl (C=O) groups is 1. The summed E-state index contributed by atoms with van der Waals surface area (Å²) in [6.45, 7) is 2.78. The van der Waals surface area contributed by atoms with Crippen LogP contribution in [0, 0.1) is 0 Å². The van der Waals surface area contributed by atoms with Gasteiger partial charge in [0, 0.05) is 30.2 Å². The first-order chi connectivity index (χ1) is 13.1. The number of nitrogens with zero attached hydrogens (tertiary/aromatic N) is 2. The zero-order valence-corrected chi connectivity index (χ0v) is 17.5. The Balaban J connectivity index is 1.77. The van der Waals surface area contributed by atoms with Crippen LogP contribution in [-0.4, -0.2) is 27.5 Å². The van der Waals surface area contributed by atoms with Crippen LogP contribution in [0.2, 0.25) is 0 Å². The van der Waals surface area contributed by atoms with Gasteiger partial charge < -0.3 is 15.4 Å². The van der Waals surface area contributed by atoms with Crippen molar-refractivity contribution < 1.29 is 9.53 Å². The number of thiocarbonyl (C=S) groups is 1. The molecule has 0 saturated carbocycles. The fraction of sp³-hybridized carbons (Fsp3) is 0.526. The number of rotatable bonds is 5. The van der Waals surface area contributed by atoms with Crippen molar-refractivity contribution in [3.05, 3.63) is 34.0 Å². The Labute approximate surface area is 169 Å². The Bertz CT molecular complexity index is 813. The Morgan fingerprint density at radius 3 is 2.81 bits per heavy atom. The van der Waals surface area contributed by atoms with E-state index in [1.165, 1.54) is 24.1 Å². The second-order valence-electron chi connectivity index (χ2n) is 6.67. The molecular formula is C19H26N4O2S2. The van der Waals surface area contributed by atoms with Crippen LogP contribution in [0.5, 0.6) is 0 Å². The molecule has 0 radical (unpaired) electrons. The molecule has 3 rings (SSSR count). The van der Waals surface area contributed by atoms with Crippen molar-refractivity contribution in [2.75, 3.05) is 11.9 Å². The van der Waals surface area contributed by atoms with E-state index in [0.717, 1.165) is 35.4 Å². The molecule has 0 spiro atoms. The molecule has 27 heavy (non-hydrogen) atoms. The van der Waals surface area contributed by atoms with E-state index in [4.69, 9.17) is 17.0 Å². The highest BCUT2D eigenvalue weighted by atomic mass is 32.1. The minimum absolute atomic E-state index is 0.256. The van der Waals surface area contributed by atoms with Crippen molar-refractivity contribution in [1.29, 1.82) is 0 Å². The summed E-state index contributed by atoms with van der Waals surface area (Å²) in [4.78, 5) is 13.9. The molecule has 2 aromatic heterocycles. The molecule has 1 aliphatic rings. The molecule has 1 aliphatic carbocycles. The molecule has 2 heterocycles. The number of thiophene rings is 1. The molecule has 0 saturated heterocycles. The van der Waals surface area contributed by atoms with Gasteiger partial charge in [0.05, 0.1) is 18.4 Å². The fourth-order valence-corrected chi connectivity index (χ4v) is 4.84. The fourth-order valence-electron chi connectivity index (χ4n) is 3.32. The smallest absolute Gasteiger partial charge is 0.341 e. The van der Waals surface area contributed by atoms with Gasteiger partial charge in [-0.25, -0.2) is 4.79 Å². The Kier molecular flexibility index (Phi) is 6.84. The normalized spacial score (nSPS) is 14.0. The summed E-state index contributed by atoms with van der Waals surface area (Å²) < 4.78 is 7.09. The molecule has 0 amide bonds. The van der Waals surface area contributed by atoms with E-state index in [2.05, 4.69) is 15.7 Å². The van der Waals surface area contributed by atoms with Gasteiger partial charge in [-0.1, -0.05) is 12.8 Å².